The van der Waals surface area contributed by atoms with E-state index in [9.17, 15) is 9.90 Å². The van der Waals surface area contributed by atoms with Crippen LogP contribution in [0.15, 0.2) is 18.2 Å². The molecule has 1 aliphatic carbocycles. The van der Waals surface area contributed by atoms with Crippen LogP contribution in [0.4, 0.5) is 0 Å². The van der Waals surface area contributed by atoms with Crippen LogP contribution in [-0.2, 0) is 24.1 Å². The second kappa shape index (κ2) is 6.37. The Balaban J connectivity index is 1.91. The summed E-state index contributed by atoms with van der Waals surface area (Å²) < 4.78 is 0. The Kier molecular flexibility index (Phi) is 4.78. The highest BCUT2D eigenvalue weighted by atomic mass is 16.3. The molecule has 0 saturated heterocycles. The van der Waals surface area contributed by atoms with Crippen LogP contribution in [0.25, 0.3) is 0 Å². The summed E-state index contributed by atoms with van der Waals surface area (Å²) in [6.45, 7) is 1.19. The van der Waals surface area contributed by atoms with Crippen LogP contribution < -0.4 is 5.32 Å². The molecular weight excluding hydrogens is 254 g/mol. The van der Waals surface area contributed by atoms with Gasteiger partial charge in [0.2, 0.25) is 5.91 Å². The van der Waals surface area contributed by atoms with Gasteiger partial charge in [-0.15, -0.1) is 0 Å². The molecule has 3 N–H and O–H groups in total. The molecule has 0 heterocycles. The lowest BCUT2D eigenvalue weighted by Crippen LogP contribution is -2.43. The lowest BCUT2D eigenvalue weighted by molar-refractivity contribution is -0.121. The van der Waals surface area contributed by atoms with Gasteiger partial charge in [-0.1, -0.05) is 18.2 Å². The van der Waals surface area contributed by atoms with Gasteiger partial charge >= 0.3 is 0 Å². The Morgan fingerprint density at radius 3 is 2.70 bits per heavy atom. The van der Waals surface area contributed by atoms with E-state index in [1.807, 2.05) is 6.07 Å². The van der Waals surface area contributed by atoms with Gasteiger partial charge in [-0.25, -0.2) is 0 Å². The minimum atomic E-state index is -1.26. The minimum absolute atomic E-state index is 0.0628. The second-order valence-electron chi connectivity index (χ2n) is 5.92. The van der Waals surface area contributed by atoms with E-state index in [1.54, 1.807) is 0 Å². The van der Waals surface area contributed by atoms with E-state index in [-0.39, 0.29) is 19.1 Å². The van der Waals surface area contributed by atoms with Gasteiger partial charge in [-0.3, -0.25) is 4.79 Å². The first-order valence-electron chi connectivity index (χ1n) is 7.21. The summed E-state index contributed by atoms with van der Waals surface area (Å²) in [7, 11) is 0. The van der Waals surface area contributed by atoms with Crippen molar-refractivity contribution in [2.24, 2.45) is 0 Å². The maximum Gasteiger partial charge on any atom is 0.224 e. The minimum Gasteiger partial charge on any atom is -0.393 e. The summed E-state index contributed by atoms with van der Waals surface area (Å²) in [6.07, 6.45) is 5.03. The van der Waals surface area contributed by atoms with Crippen molar-refractivity contribution in [2.75, 3.05) is 13.2 Å². The van der Waals surface area contributed by atoms with E-state index in [0.717, 1.165) is 18.4 Å². The fraction of sp³-hybridized carbons (Fsp3) is 0.562. The number of hydrogen-bond acceptors (Lipinski definition) is 3. The smallest absolute Gasteiger partial charge is 0.224 e. The number of carbonyl (C=O) groups excluding carboxylic acids is 1. The first-order chi connectivity index (χ1) is 9.50. The van der Waals surface area contributed by atoms with Crippen LogP contribution >= 0.6 is 0 Å². The number of aliphatic hydroxyl groups is 2. The van der Waals surface area contributed by atoms with Gasteiger partial charge in [0.1, 0.15) is 5.60 Å². The number of aliphatic hydroxyl groups excluding tert-OH is 1. The summed E-state index contributed by atoms with van der Waals surface area (Å²) in [4.78, 5) is 11.8. The molecule has 4 nitrogen and oxygen atoms in total. The predicted octanol–water partition coefficient (Wildman–Crippen LogP) is 0.967. The summed E-state index contributed by atoms with van der Waals surface area (Å²) in [6, 6.07) is 6.26. The molecule has 1 aromatic carbocycles. The highest BCUT2D eigenvalue weighted by molar-refractivity contribution is 5.78. The third-order valence-electron chi connectivity index (χ3n) is 3.78. The summed E-state index contributed by atoms with van der Waals surface area (Å²) in [5, 5.41) is 21.2. The third-order valence-corrected chi connectivity index (χ3v) is 3.78. The van der Waals surface area contributed by atoms with Crippen LogP contribution in [0, 0.1) is 0 Å². The summed E-state index contributed by atoms with van der Waals surface area (Å²) in [5.41, 5.74) is 2.52. The van der Waals surface area contributed by atoms with E-state index in [0.29, 0.717) is 6.42 Å². The van der Waals surface area contributed by atoms with Gasteiger partial charge in [0.25, 0.3) is 0 Å². The number of hydrogen-bond donors (Lipinski definition) is 3. The molecule has 1 atom stereocenters. The van der Waals surface area contributed by atoms with Crippen molar-refractivity contribution in [1.82, 2.24) is 5.32 Å². The predicted molar refractivity (Wildman–Crippen MR) is 77.5 cm³/mol. The zero-order chi connectivity index (χ0) is 14.6. The van der Waals surface area contributed by atoms with Gasteiger partial charge in [-0.2, -0.15) is 0 Å². The van der Waals surface area contributed by atoms with Crippen molar-refractivity contribution in [3.05, 3.63) is 34.9 Å². The van der Waals surface area contributed by atoms with Gasteiger partial charge in [0.05, 0.1) is 13.0 Å². The Hall–Kier alpha value is -1.39. The Labute approximate surface area is 119 Å². The summed E-state index contributed by atoms with van der Waals surface area (Å²) in [5.74, 6) is -0.130. The van der Waals surface area contributed by atoms with Crippen LogP contribution in [0.3, 0.4) is 0 Å². The van der Waals surface area contributed by atoms with Crippen molar-refractivity contribution in [1.29, 1.82) is 0 Å². The number of rotatable bonds is 5. The molecule has 0 saturated carbocycles. The van der Waals surface area contributed by atoms with Crippen LogP contribution in [0.1, 0.15) is 36.5 Å². The Morgan fingerprint density at radius 2 is 2.00 bits per heavy atom. The average Bonchev–Trinajstić information content (AvgIpc) is 2.45. The maximum absolute atomic E-state index is 11.8. The number of benzene rings is 1. The monoisotopic (exact) mass is 277 g/mol. The first-order valence-corrected chi connectivity index (χ1v) is 7.21. The van der Waals surface area contributed by atoms with Gasteiger partial charge < -0.3 is 15.5 Å². The zero-order valence-electron chi connectivity index (χ0n) is 12.0. The molecular formula is C16H23NO3. The number of fused-ring (bicyclic) bond motifs is 1. The Morgan fingerprint density at radius 1 is 1.30 bits per heavy atom. The molecule has 0 fully saturated rings. The number of nitrogens with one attached hydrogen (secondary N) is 1. The highest BCUT2D eigenvalue weighted by Gasteiger charge is 2.20. The molecule has 0 aromatic heterocycles. The standard InChI is InChI=1S/C16H23NO3/c1-16(20,11-18)10-17-15(19)9-12-6-7-13-4-2-3-5-14(13)8-12/h6-8,18,20H,2-5,9-11H2,1H3,(H,17,19). The molecule has 2 rings (SSSR count). The average molecular weight is 277 g/mol. The Bertz CT molecular complexity index is 483. The second-order valence-corrected chi connectivity index (χ2v) is 5.92. The molecule has 20 heavy (non-hydrogen) atoms. The SMILES string of the molecule is CC(O)(CO)CNC(=O)Cc1ccc2c(c1)CCCC2. The maximum atomic E-state index is 11.8. The molecule has 0 spiro atoms. The quantitative estimate of drug-likeness (QED) is 0.751. The molecule has 0 radical (unpaired) electrons. The van der Waals surface area contributed by atoms with E-state index in [4.69, 9.17) is 5.11 Å². The van der Waals surface area contributed by atoms with E-state index in [2.05, 4.69) is 17.4 Å². The molecule has 0 aliphatic heterocycles. The van der Waals surface area contributed by atoms with Gasteiger partial charge in [0.15, 0.2) is 0 Å². The molecule has 1 amide bonds. The largest absolute Gasteiger partial charge is 0.393 e. The highest BCUT2D eigenvalue weighted by Crippen LogP contribution is 2.22. The van der Waals surface area contributed by atoms with Crippen molar-refractivity contribution in [3.63, 3.8) is 0 Å². The van der Waals surface area contributed by atoms with Gasteiger partial charge in [-0.05, 0) is 49.3 Å². The summed E-state index contributed by atoms with van der Waals surface area (Å²) >= 11 is 0. The molecule has 4 heteroatoms. The number of aryl methyl sites for hydroxylation is 2. The first kappa shape index (κ1) is 15.0. The molecule has 1 aliphatic rings. The fourth-order valence-electron chi connectivity index (χ4n) is 2.49. The van der Waals surface area contributed by atoms with Crippen molar-refractivity contribution < 1.29 is 15.0 Å². The topological polar surface area (TPSA) is 69.6 Å². The molecule has 110 valence electrons. The fourth-order valence-corrected chi connectivity index (χ4v) is 2.49. The van der Waals surface area contributed by atoms with Gasteiger partial charge in [0, 0.05) is 6.54 Å². The van der Waals surface area contributed by atoms with E-state index in [1.165, 1.54) is 30.9 Å². The van der Waals surface area contributed by atoms with Crippen LogP contribution in [-0.4, -0.2) is 34.9 Å². The zero-order valence-corrected chi connectivity index (χ0v) is 12.0. The molecule has 1 aromatic rings. The van der Waals surface area contributed by atoms with Crippen LogP contribution in [0.5, 0.6) is 0 Å². The van der Waals surface area contributed by atoms with E-state index < -0.39 is 5.60 Å². The van der Waals surface area contributed by atoms with Crippen molar-refractivity contribution >= 4 is 5.91 Å². The van der Waals surface area contributed by atoms with Crippen molar-refractivity contribution in [2.45, 2.75) is 44.6 Å². The van der Waals surface area contributed by atoms with Crippen molar-refractivity contribution in [3.8, 4) is 0 Å². The van der Waals surface area contributed by atoms with Crippen LogP contribution in [0.2, 0.25) is 0 Å². The molecule has 0 bridgehead atoms. The lowest BCUT2D eigenvalue weighted by Gasteiger charge is -2.21. The third kappa shape index (κ3) is 4.05. The number of amides is 1. The lowest BCUT2D eigenvalue weighted by atomic mass is 9.90. The number of carbonyl (C=O) groups is 1. The molecule has 1 unspecified atom stereocenters. The normalized spacial score (nSPS) is 17.1. The van der Waals surface area contributed by atoms with E-state index >= 15 is 0 Å².